The van der Waals surface area contributed by atoms with Crippen LogP contribution in [0.25, 0.3) is 0 Å². The largest absolute Gasteiger partial charge is 0.448 e. The molecule has 0 aliphatic rings. The maximum Gasteiger partial charge on any atom is 0.207 e. The molecule has 6 heteroatoms. The minimum Gasteiger partial charge on any atom is -0.448 e. The predicted molar refractivity (Wildman–Crippen MR) is 46.1 cm³/mol. The molecule has 2 N–H and O–H groups in total. The lowest BCUT2D eigenvalue weighted by atomic mass is 10.7. The van der Waals surface area contributed by atoms with Crippen LogP contribution in [0.15, 0.2) is 16.9 Å². The highest BCUT2D eigenvalue weighted by Crippen LogP contribution is 1.88. The van der Waals surface area contributed by atoms with E-state index < -0.39 is 0 Å². The first-order chi connectivity index (χ1) is 3.43. The number of oxazole rings is 1. The van der Waals surface area contributed by atoms with E-state index in [4.69, 9.17) is 10.2 Å². The van der Waals surface area contributed by atoms with Crippen LogP contribution in [-0.2, 0) is 6.54 Å². The molecule has 0 saturated heterocycles. The number of nitrogens with two attached hydrogens (primary N) is 1. The molecule has 0 atom stereocenters. The van der Waals surface area contributed by atoms with Crippen molar-refractivity contribution in [3.05, 3.63) is 18.4 Å². The number of aromatic nitrogens is 1. The van der Waals surface area contributed by atoms with Gasteiger partial charge >= 0.3 is 0 Å². The van der Waals surface area contributed by atoms with Crippen LogP contribution >= 0.6 is 37.2 Å². The molecule has 1 aromatic heterocycles. The van der Waals surface area contributed by atoms with Gasteiger partial charge in [-0.1, -0.05) is 0 Å². The zero-order valence-electron chi connectivity index (χ0n) is 5.02. The lowest BCUT2D eigenvalue weighted by Crippen LogP contribution is -1.94. The van der Waals surface area contributed by atoms with Crippen molar-refractivity contribution in [2.45, 2.75) is 6.54 Å². The molecule has 1 rings (SSSR count). The van der Waals surface area contributed by atoms with E-state index in [1.807, 2.05) is 0 Å². The highest BCUT2D eigenvalue weighted by molar-refractivity contribution is 5.86. The van der Waals surface area contributed by atoms with Gasteiger partial charge in [-0.15, -0.1) is 37.2 Å². The van der Waals surface area contributed by atoms with Gasteiger partial charge in [-0.2, -0.15) is 0 Å². The quantitative estimate of drug-likeness (QED) is 0.757. The molecule has 1 heterocycles. The molecule has 0 amide bonds. The van der Waals surface area contributed by atoms with E-state index in [2.05, 4.69) is 4.98 Å². The fourth-order valence-electron chi connectivity index (χ4n) is 0.354. The van der Waals surface area contributed by atoms with Crippen LogP contribution in [0.3, 0.4) is 0 Å². The molecule has 0 bridgehead atoms. The van der Waals surface area contributed by atoms with E-state index in [0.717, 1.165) is 0 Å². The Morgan fingerprint density at radius 1 is 1.40 bits per heavy atom. The van der Waals surface area contributed by atoms with Gasteiger partial charge in [0.2, 0.25) is 5.89 Å². The van der Waals surface area contributed by atoms with Gasteiger partial charge in [0.25, 0.3) is 0 Å². The average molecular weight is 207 g/mol. The van der Waals surface area contributed by atoms with Crippen LogP contribution in [0, 0.1) is 0 Å². The summed E-state index contributed by atoms with van der Waals surface area (Å²) < 4.78 is 4.75. The van der Waals surface area contributed by atoms with Gasteiger partial charge in [0.1, 0.15) is 6.26 Å². The summed E-state index contributed by atoms with van der Waals surface area (Å²) in [5.41, 5.74) is 5.14. The maximum atomic E-state index is 5.14. The molecule has 3 nitrogen and oxygen atoms in total. The van der Waals surface area contributed by atoms with E-state index >= 15 is 0 Å². The highest BCUT2D eigenvalue weighted by atomic mass is 35.5. The van der Waals surface area contributed by atoms with E-state index in [1.54, 1.807) is 6.20 Å². The number of halogens is 3. The molecule has 10 heavy (non-hydrogen) atoms. The van der Waals surface area contributed by atoms with Gasteiger partial charge in [0, 0.05) is 0 Å². The van der Waals surface area contributed by atoms with Gasteiger partial charge in [-0.3, -0.25) is 0 Å². The Balaban J connectivity index is -0.000000163. The summed E-state index contributed by atoms with van der Waals surface area (Å²) in [6.45, 7) is 0.382. The zero-order valence-corrected chi connectivity index (χ0v) is 7.47. The van der Waals surface area contributed by atoms with Crippen molar-refractivity contribution in [3.63, 3.8) is 0 Å². The Hall–Kier alpha value is 0.0400. The molecule has 0 saturated carbocycles. The molecule has 0 aliphatic carbocycles. The van der Waals surface area contributed by atoms with Crippen LogP contribution in [0.4, 0.5) is 0 Å². The van der Waals surface area contributed by atoms with Gasteiger partial charge in [0.15, 0.2) is 0 Å². The Labute approximate surface area is 77.6 Å². The molecule has 0 aromatic carbocycles. The second-order valence-electron chi connectivity index (χ2n) is 1.13. The third kappa shape index (κ3) is 4.88. The topological polar surface area (TPSA) is 52.0 Å². The molecule has 1 aromatic rings. The third-order valence-corrected chi connectivity index (χ3v) is 0.658. The zero-order chi connectivity index (χ0) is 5.11. The van der Waals surface area contributed by atoms with E-state index in [9.17, 15) is 0 Å². The first-order valence-electron chi connectivity index (χ1n) is 2.02. The van der Waals surface area contributed by atoms with Crippen molar-refractivity contribution in [2.75, 3.05) is 0 Å². The Kier molecular flexibility index (Phi) is 15.0. The summed E-state index contributed by atoms with van der Waals surface area (Å²) in [5, 5.41) is 0. The number of hydrogen-bond donors (Lipinski definition) is 1. The van der Waals surface area contributed by atoms with Crippen molar-refractivity contribution in [1.82, 2.24) is 4.98 Å². The predicted octanol–water partition coefficient (Wildman–Crippen LogP) is 1.40. The standard InChI is InChI=1S/C4H6N2O.3ClH/c5-3-4-6-1-2-7-4;;;/h1-2H,3,5H2;3*1H. The first kappa shape index (κ1) is 16.6. The van der Waals surface area contributed by atoms with Crippen LogP contribution in [0.2, 0.25) is 0 Å². The monoisotopic (exact) mass is 206 g/mol. The summed E-state index contributed by atoms with van der Waals surface area (Å²) in [6, 6.07) is 0. The minimum absolute atomic E-state index is 0. The molecule has 0 aliphatic heterocycles. The highest BCUT2D eigenvalue weighted by Gasteiger charge is 1.86. The summed E-state index contributed by atoms with van der Waals surface area (Å²) in [5.74, 6) is 0.583. The summed E-state index contributed by atoms with van der Waals surface area (Å²) in [7, 11) is 0. The van der Waals surface area contributed by atoms with E-state index in [1.165, 1.54) is 6.26 Å². The minimum atomic E-state index is 0. The second kappa shape index (κ2) is 9.04. The average Bonchev–Trinajstić information content (AvgIpc) is 2.14. The van der Waals surface area contributed by atoms with Gasteiger partial charge in [-0.05, 0) is 0 Å². The first-order valence-corrected chi connectivity index (χ1v) is 2.02. The summed E-state index contributed by atoms with van der Waals surface area (Å²) in [6.07, 6.45) is 3.07. The van der Waals surface area contributed by atoms with Crippen molar-refractivity contribution in [2.24, 2.45) is 5.73 Å². The molecule has 0 unspecified atom stereocenters. The lowest BCUT2D eigenvalue weighted by Gasteiger charge is -1.78. The van der Waals surface area contributed by atoms with Crippen LogP contribution < -0.4 is 5.73 Å². The number of nitrogens with zero attached hydrogens (tertiary/aromatic N) is 1. The van der Waals surface area contributed by atoms with Crippen LogP contribution in [-0.4, -0.2) is 4.98 Å². The van der Waals surface area contributed by atoms with E-state index in [-0.39, 0.29) is 37.2 Å². The summed E-state index contributed by atoms with van der Waals surface area (Å²) in [4.78, 5) is 3.74. The van der Waals surface area contributed by atoms with Gasteiger partial charge < -0.3 is 10.2 Å². The second-order valence-corrected chi connectivity index (χ2v) is 1.13. The van der Waals surface area contributed by atoms with Gasteiger partial charge in [0.05, 0.1) is 12.7 Å². The third-order valence-electron chi connectivity index (χ3n) is 0.658. The molecular formula is C4H9Cl3N2O. The van der Waals surface area contributed by atoms with Crippen LogP contribution in [0.1, 0.15) is 5.89 Å². The Morgan fingerprint density at radius 3 is 2.20 bits per heavy atom. The molecule has 0 radical (unpaired) electrons. The van der Waals surface area contributed by atoms with Crippen molar-refractivity contribution in [3.8, 4) is 0 Å². The molecule has 0 spiro atoms. The normalized spacial score (nSPS) is 6.50. The lowest BCUT2D eigenvalue weighted by molar-refractivity contribution is 0.498. The van der Waals surface area contributed by atoms with Crippen molar-refractivity contribution < 1.29 is 4.42 Å². The van der Waals surface area contributed by atoms with Gasteiger partial charge in [-0.25, -0.2) is 4.98 Å². The van der Waals surface area contributed by atoms with Crippen molar-refractivity contribution >= 4 is 37.2 Å². The molecular weight excluding hydrogens is 198 g/mol. The SMILES string of the molecule is Cl.Cl.Cl.NCc1ncco1. The molecule has 0 fully saturated rings. The van der Waals surface area contributed by atoms with E-state index in [0.29, 0.717) is 12.4 Å². The Morgan fingerprint density at radius 2 is 2.00 bits per heavy atom. The number of rotatable bonds is 1. The molecule has 62 valence electrons. The summed E-state index contributed by atoms with van der Waals surface area (Å²) >= 11 is 0. The maximum absolute atomic E-state index is 5.14. The smallest absolute Gasteiger partial charge is 0.207 e. The van der Waals surface area contributed by atoms with Crippen LogP contribution in [0.5, 0.6) is 0 Å². The number of hydrogen-bond acceptors (Lipinski definition) is 3. The van der Waals surface area contributed by atoms with Crippen molar-refractivity contribution in [1.29, 1.82) is 0 Å². The fourth-order valence-corrected chi connectivity index (χ4v) is 0.354. The Bertz CT molecular complexity index is 133. The fraction of sp³-hybridized carbons (Fsp3) is 0.250.